The van der Waals surface area contributed by atoms with Crippen molar-refractivity contribution >= 4 is 50.1 Å². The Bertz CT molecular complexity index is 1370. The Hall–Kier alpha value is -3.67. The minimum atomic E-state index is -4.54. The molecule has 3 amide bonds. The van der Waals surface area contributed by atoms with Gasteiger partial charge in [0.2, 0.25) is 11.8 Å². The highest BCUT2D eigenvalue weighted by molar-refractivity contribution is 7.23. The second-order valence-electron chi connectivity index (χ2n) is 9.00. The number of alkyl halides is 3. The predicted molar refractivity (Wildman–Crippen MR) is 139 cm³/mol. The molecule has 38 heavy (non-hydrogen) atoms. The number of thiazole rings is 1. The van der Waals surface area contributed by atoms with Crippen LogP contribution in [0.2, 0.25) is 0 Å². The Labute approximate surface area is 221 Å². The molecule has 1 aliphatic carbocycles. The topological polar surface area (TPSA) is 101 Å². The molecule has 2 N–H and O–H groups in total. The van der Waals surface area contributed by atoms with Gasteiger partial charge in [-0.05, 0) is 56.5 Å². The summed E-state index contributed by atoms with van der Waals surface area (Å²) in [6.45, 7) is 3.81. The number of carbonyl (C=O) groups excluding carboxylic acids is 3. The zero-order valence-electron chi connectivity index (χ0n) is 21.0. The third-order valence-electron chi connectivity index (χ3n) is 6.51. The number of ether oxygens (including phenoxy) is 1. The number of rotatable bonds is 7. The van der Waals surface area contributed by atoms with E-state index in [0.717, 1.165) is 12.1 Å². The maximum atomic E-state index is 13.0. The van der Waals surface area contributed by atoms with Gasteiger partial charge in [0, 0.05) is 31.0 Å². The van der Waals surface area contributed by atoms with Crippen LogP contribution in [-0.4, -0.2) is 42.4 Å². The molecule has 0 unspecified atom stereocenters. The first-order chi connectivity index (χ1) is 18.0. The minimum absolute atomic E-state index is 0.0846. The average Bonchev–Trinajstić information content (AvgIpc) is 3.51. The summed E-state index contributed by atoms with van der Waals surface area (Å²) in [5.74, 6) is -0.891. The summed E-state index contributed by atoms with van der Waals surface area (Å²) in [6, 6.07) is 7.41. The summed E-state index contributed by atoms with van der Waals surface area (Å²) in [6.07, 6.45) is -3.17. The number of anilines is 2. The second-order valence-corrected chi connectivity index (χ2v) is 9.99. The number of amides is 3. The third-order valence-corrected chi connectivity index (χ3v) is 7.51. The van der Waals surface area contributed by atoms with Crippen molar-refractivity contribution in [2.45, 2.75) is 45.3 Å². The summed E-state index contributed by atoms with van der Waals surface area (Å²) >= 11 is 1.24. The number of carbonyl (C=O) groups is 3. The molecule has 0 bridgehead atoms. The maximum absolute atomic E-state index is 13.0. The second kappa shape index (κ2) is 11.0. The third kappa shape index (κ3) is 5.74. The van der Waals surface area contributed by atoms with Crippen molar-refractivity contribution in [3.63, 3.8) is 0 Å². The lowest BCUT2D eigenvalue weighted by Gasteiger charge is -2.20. The van der Waals surface area contributed by atoms with Crippen molar-refractivity contribution in [2.75, 3.05) is 23.9 Å². The molecule has 2 aromatic carbocycles. The molecule has 1 aliphatic rings. The molecule has 0 spiro atoms. The number of methoxy groups -OCH3 is 1. The summed E-state index contributed by atoms with van der Waals surface area (Å²) in [5, 5.41) is 5.94. The van der Waals surface area contributed by atoms with E-state index in [2.05, 4.69) is 15.6 Å². The fourth-order valence-electron chi connectivity index (χ4n) is 4.63. The highest BCUT2D eigenvalue weighted by Crippen LogP contribution is 2.40. The molecule has 2 atom stereocenters. The van der Waals surface area contributed by atoms with Crippen LogP contribution in [0.3, 0.4) is 0 Å². The van der Waals surface area contributed by atoms with Crippen LogP contribution in [-0.2, 0) is 15.8 Å². The van der Waals surface area contributed by atoms with Crippen molar-refractivity contribution < 1.29 is 32.3 Å². The molecule has 0 saturated heterocycles. The number of aromatic nitrogens is 1. The Morgan fingerprint density at radius 1 is 1.18 bits per heavy atom. The Kier molecular flexibility index (Phi) is 7.91. The fraction of sp³-hybridized carbons (Fsp3) is 0.385. The normalized spacial score (nSPS) is 17.3. The number of benzene rings is 2. The molecular weight excluding hydrogens is 521 g/mol. The zero-order valence-corrected chi connectivity index (χ0v) is 21.8. The lowest BCUT2D eigenvalue weighted by Crippen LogP contribution is -2.34. The molecule has 4 rings (SSSR count). The van der Waals surface area contributed by atoms with E-state index in [1.165, 1.54) is 37.5 Å². The van der Waals surface area contributed by atoms with Crippen LogP contribution in [0.5, 0.6) is 5.75 Å². The van der Waals surface area contributed by atoms with Crippen molar-refractivity contribution in [2.24, 2.45) is 5.92 Å². The smallest absolute Gasteiger partial charge is 0.416 e. The fourth-order valence-corrected chi connectivity index (χ4v) is 5.63. The molecule has 1 heterocycles. The molecule has 0 aliphatic heterocycles. The maximum Gasteiger partial charge on any atom is 0.416 e. The highest BCUT2D eigenvalue weighted by atomic mass is 32.1. The summed E-state index contributed by atoms with van der Waals surface area (Å²) in [4.78, 5) is 43.8. The van der Waals surface area contributed by atoms with E-state index in [4.69, 9.17) is 4.74 Å². The minimum Gasteiger partial charge on any atom is -0.494 e. The van der Waals surface area contributed by atoms with Crippen LogP contribution in [0.25, 0.3) is 10.2 Å². The van der Waals surface area contributed by atoms with Crippen LogP contribution in [0.1, 0.15) is 49.0 Å². The summed E-state index contributed by atoms with van der Waals surface area (Å²) in [5.41, 5.74) is 0.225. The first-order valence-electron chi connectivity index (χ1n) is 12.1. The zero-order chi connectivity index (χ0) is 27.6. The quantitative estimate of drug-likeness (QED) is 0.421. The van der Waals surface area contributed by atoms with E-state index in [0.29, 0.717) is 52.6 Å². The SMILES string of the molecule is CCN(C(C)=O)c1ccc(OC)c2nc(NC(=O)[C@@H]3CC[C@@H](NC(=O)c4cccc(C(F)(F)F)c4)C3)sc12. The van der Waals surface area contributed by atoms with Crippen LogP contribution in [0, 0.1) is 5.92 Å². The predicted octanol–water partition coefficient (Wildman–Crippen LogP) is 5.23. The van der Waals surface area contributed by atoms with Crippen LogP contribution in [0.15, 0.2) is 36.4 Å². The van der Waals surface area contributed by atoms with Crippen molar-refractivity contribution in [3.05, 3.63) is 47.5 Å². The van der Waals surface area contributed by atoms with Gasteiger partial charge in [0.15, 0.2) is 5.13 Å². The molecule has 3 aromatic rings. The molecule has 1 saturated carbocycles. The largest absolute Gasteiger partial charge is 0.494 e. The Morgan fingerprint density at radius 3 is 2.61 bits per heavy atom. The monoisotopic (exact) mass is 548 g/mol. The standard InChI is InChI=1S/C26H27F3N4O4S/c1-4-33(14(2)34)19-10-11-20(37-3)21-22(19)38-25(31-21)32-24(36)16-8-9-18(13-16)30-23(35)15-6-5-7-17(12-15)26(27,28)29/h5-7,10-12,16,18H,4,8-9,13H2,1-3H3,(H,30,35)(H,31,32,36)/t16-,18-/m1/s1. The molecular formula is C26H27F3N4O4S. The van der Waals surface area contributed by atoms with E-state index in [-0.39, 0.29) is 23.4 Å². The average molecular weight is 549 g/mol. The van der Waals surface area contributed by atoms with Gasteiger partial charge in [-0.15, -0.1) is 0 Å². The number of nitrogens with zero attached hydrogens (tertiary/aromatic N) is 2. The van der Waals surface area contributed by atoms with Gasteiger partial charge in [0.05, 0.1) is 23.1 Å². The molecule has 0 radical (unpaired) electrons. The van der Waals surface area contributed by atoms with Gasteiger partial charge in [0.25, 0.3) is 5.91 Å². The van der Waals surface area contributed by atoms with Crippen LogP contribution in [0.4, 0.5) is 24.0 Å². The number of halogens is 3. The Morgan fingerprint density at radius 2 is 1.95 bits per heavy atom. The van der Waals surface area contributed by atoms with E-state index < -0.39 is 23.6 Å². The van der Waals surface area contributed by atoms with Gasteiger partial charge in [-0.1, -0.05) is 17.4 Å². The summed E-state index contributed by atoms with van der Waals surface area (Å²) < 4.78 is 45.0. The molecule has 8 nitrogen and oxygen atoms in total. The van der Waals surface area contributed by atoms with E-state index >= 15 is 0 Å². The lowest BCUT2D eigenvalue weighted by atomic mass is 10.1. The van der Waals surface area contributed by atoms with E-state index in [9.17, 15) is 27.6 Å². The van der Waals surface area contributed by atoms with Crippen LogP contribution < -0.4 is 20.3 Å². The number of hydrogen-bond donors (Lipinski definition) is 2. The first-order valence-corrected chi connectivity index (χ1v) is 12.9. The number of fused-ring (bicyclic) bond motifs is 1. The van der Waals surface area contributed by atoms with Gasteiger partial charge in [0.1, 0.15) is 11.3 Å². The van der Waals surface area contributed by atoms with Gasteiger partial charge in [-0.2, -0.15) is 13.2 Å². The lowest BCUT2D eigenvalue weighted by molar-refractivity contribution is -0.137. The van der Waals surface area contributed by atoms with Crippen molar-refractivity contribution in [1.82, 2.24) is 10.3 Å². The van der Waals surface area contributed by atoms with Gasteiger partial charge >= 0.3 is 6.18 Å². The van der Waals surface area contributed by atoms with Crippen molar-refractivity contribution in [3.8, 4) is 5.75 Å². The van der Waals surface area contributed by atoms with Gasteiger partial charge < -0.3 is 20.3 Å². The van der Waals surface area contributed by atoms with Crippen LogP contribution >= 0.6 is 11.3 Å². The van der Waals surface area contributed by atoms with Gasteiger partial charge in [-0.25, -0.2) is 4.98 Å². The molecule has 202 valence electrons. The van der Waals surface area contributed by atoms with E-state index in [1.54, 1.807) is 17.0 Å². The highest BCUT2D eigenvalue weighted by Gasteiger charge is 2.33. The first kappa shape index (κ1) is 27.4. The molecule has 12 heteroatoms. The number of nitrogens with one attached hydrogen (secondary N) is 2. The summed E-state index contributed by atoms with van der Waals surface area (Å²) in [7, 11) is 1.51. The molecule has 1 fully saturated rings. The van der Waals surface area contributed by atoms with E-state index in [1.807, 2.05) is 6.92 Å². The number of hydrogen-bond acceptors (Lipinski definition) is 6. The Balaban J connectivity index is 1.44. The van der Waals surface area contributed by atoms with Crippen molar-refractivity contribution in [1.29, 1.82) is 0 Å². The van der Waals surface area contributed by atoms with Gasteiger partial charge in [-0.3, -0.25) is 14.4 Å². The molecule has 1 aromatic heterocycles.